The highest BCUT2D eigenvalue weighted by molar-refractivity contribution is 5.34. The van der Waals surface area contributed by atoms with Crippen LogP contribution in [0.2, 0.25) is 0 Å². The second-order valence-electron chi connectivity index (χ2n) is 3.02. The zero-order chi connectivity index (χ0) is 10.6. The van der Waals surface area contributed by atoms with Crippen molar-refractivity contribution in [3.8, 4) is 6.07 Å². The van der Waals surface area contributed by atoms with E-state index in [0.717, 1.165) is 0 Å². The number of benzene rings is 1. The van der Waals surface area contributed by atoms with Gasteiger partial charge in [0.15, 0.2) is 0 Å². The number of aliphatic hydroxyl groups is 1. The van der Waals surface area contributed by atoms with Crippen molar-refractivity contribution >= 4 is 0 Å². The van der Waals surface area contributed by atoms with Gasteiger partial charge < -0.3 is 10.8 Å². The maximum Gasteiger partial charge on any atom is 0.140 e. The number of nitrogens with zero attached hydrogens (tertiary/aromatic N) is 1. The second-order valence-corrected chi connectivity index (χ2v) is 3.02. The van der Waals surface area contributed by atoms with Gasteiger partial charge >= 0.3 is 0 Å². The van der Waals surface area contributed by atoms with Gasteiger partial charge in [-0.15, -0.1) is 0 Å². The number of nitriles is 1. The van der Waals surface area contributed by atoms with Gasteiger partial charge in [-0.1, -0.05) is 6.07 Å². The average Bonchev–Trinajstić information content (AvgIpc) is 2.20. The lowest BCUT2D eigenvalue weighted by Crippen LogP contribution is -2.22. The fourth-order valence-corrected chi connectivity index (χ4v) is 1.14. The fourth-order valence-electron chi connectivity index (χ4n) is 1.14. The van der Waals surface area contributed by atoms with Crippen LogP contribution in [0.4, 0.5) is 4.39 Å². The molecule has 0 heterocycles. The summed E-state index contributed by atoms with van der Waals surface area (Å²) in [5.41, 5.74) is 5.93. The first-order valence-corrected chi connectivity index (χ1v) is 4.24. The molecule has 0 aliphatic rings. The van der Waals surface area contributed by atoms with Gasteiger partial charge in [0.2, 0.25) is 0 Å². The first-order chi connectivity index (χ1) is 6.67. The Balaban J connectivity index is 2.86. The van der Waals surface area contributed by atoms with Gasteiger partial charge in [-0.05, 0) is 24.1 Å². The lowest BCUT2D eigenvalue weighted by atomic mass is 10.1. The minimum absolute atomic E-state index is 0.00767. The molecule has 4 heteroatoms. The minimum Gasteiger partial charge on any atom is -0.391 e. The quantitative estimate of drug-likeness (QED) is 0.738. The van der Waals surface area contributed by atoms with Gasteiger partial charge in [-0.3, -0.25) is 0 Å². The predicted octanol–water partition coefficient (Wildman–Crippen LogP) is 0.559. The maximum atomic E-state index is 12.9. The van der Waals surface area contributed by atoms with E-state index in [0.29, 0.717) is 12.0 Å². The van der Waals surface area contributed by atoms with Crippen molar-refractivity contribution in [1.29, 1.82) is 5.26 Å². The number of hydrogen-bond acceptors (Lipinski definition) is 3. The first-order valence-electron chi connectivity index (χ1n) is 4.24. The number of rotatable bonds is 3. The van der Waals surface area contributed by atoms with Gasteiger partial charge in [0.25, 0.3) is 0 Å². The molecule has 1 unspecified atom stereocenters. The highest BCUT2D eigenvalue weighted by Gasteiger charge is 2.06. The van der Waals surface area contributed by atoms with E-state index in [4.69, 9.17) is 11.0 Å². The van der Waals surface area contributed by atoms with Crippen LogP contribution < -0.4 is 5.73 Å². The molecule has 3 nitrogen and oxygen atoms in total. The number of nitrogens with two attached hydrogens (primary N) is 1. The smallest absolute Gasteiger partial charge is 0.140 e. The number of aliphatic hydroxyl groups excluding tert-OH is 1. The molecule has 0 bridgehead atoms. The van der Waals surface area contributed by atoms with Crippen LogP contribution >= 0.6 is 0 Å². The van der Waals surface area contributed by atoms with Crippen LogP contribution in [0.3, 0.4) is 0 Å². The Morgan fingerprint density at radius 1 is 1.57 bits per heavy atom. The van der Waals surface area contributed by atoms with Crippen molar-refractivity contribution in [2.75, 3.05) is 6.54 Å². The second kappa shape index (κ2) is 4.70. The first kappa shape index (κ1) is 10.6. The summed E-state index contributed by atoms with van der Waals surface area (Å²) in [7, 11) is 0. The van der Waals surface area contributed by atoms with Crippen molar-refractivity contribution in [3.05, 3.63) is 35.1 Å². The normalized spacial score (nSPS) is 12.1. The number of halogens is 1. The van der Waals surface area contributed by atoms with Crippen molar-refractivity contribution in [3.63, 3.8) is 0 Å². The van der Waals surface area contributed by atoms with Crippen molar-refractivity contribution in [2.45, 2.75) is 12.5 Å². The molecule has 0 fully saturated rings. The van der Waals surface area contributed by atoms with Crippen LogP contribution in [0.1, 0.15) is 11.1 Å². The highest BCUT2D eigenvalue weighted by Crippen LogP contribution is 2.10. The summed E-state index contributed by atoms with van der Waals surface area (Å²) in [6, 6.07) is 5.92. The Bertz CT molecular complexity index is 360. The third-order valence-corrected chi connectivity index (χ3v) is 1.89. The number of hydrogen-bond donors (Lipinski definition) is 2. The molecule has 0 radical (unpaired) electrons. The van der Waals surface area contributed by atoms with E-state index in [-0.39, 0.29) is 12.1 Å². The average molecular weight is 194 g/mol. The van der Waals surface area contributed by atoms with E-state index in [1.54, 1.807) is 6.07 Å². The van der Waals surface area contributed by atoms with Crippen LogP contribution in [0.15, 0.2) is 18.2 Å². The predicted molar refractivity (Wildman–Crippen MR) is 49.9 cm³/mol. The van der Waals surface area contributed by atoms with Gasteiger partial charge in [0.1, 0.15) is 11.9 Å². The van der Waals surface area contributed by atoms with Crippen LogP contribution in [0.5, 0.6) is 0 Å². The van der Waals surface area contributed by atoms with Crippen LogP contribution in [0, 0.1) is 17.1 Å². The monoisotopic (exact) mass is 194 g/mol. The molecular weight excluding hydrogens is 183 g/mol. The van der Waals surface area contributed by atoms with E-state index in [9.17, 15) is 9.50 Å². The zero-order valence-corrected chi connectivity index (χ0v) is 7.57. The molecule has 0 aliphatic heterocycles. The molecule has 0 aliphatic carbocycles. The molecule has 0 amide bonds. The molecule has 1 atom stereocenters. The molecule has 0 saturated heterocycles. The van der Waals surface area contributed by atoms with E-state index >= 15 is 0 Å². The maximum absolute atomic E-state index is 12.9. The summed E-state index contributed by atoms with van der Waals surface area (Å²) in [5, 5.41) is 17.8. The Hall–Kier alpha value is -1.44. The molecule has 1 aromatic rings. The Morgan fingerprint density at radius 3 is 2.86 bits per heavy atom. The lowest BCUT2D eigenvalue weighted by molar-refractivity contribution is 0.183. The molecule has 3 N–H and O–H groups in total. The van der Waals surface area contributed by atoms with Crippen molar-refractivity contribution in [1.82, 2.24) is 0 Å². The molecule has 14 heavy (non-hydrogen) atoms. The van der Waals surface area contributed by atoms with E-state index in [1.165, 1.54) is 18.2 Å². The van der Waals surface area contributed by atoms with Crippen molar-refractivity contribution < 1.29 is 9.50 Å². The third kappa shape index (κ3) is 2.52. The topological polar surface area (TPSA) is 70.0 Å². The van der Waals surface area contributed by atoms with Gasteiger partial charge in [0.05, 0.1) is 11.7 Å². The molecule has 1 rings (SSSR count). The Morgan fingerprint density at radius 2 is 2.29 bits per heavy atom. The van der Waals surface area contributed by atoms with Crippen molar-refractivity contribution in [2.24, 2.45) is 5.73 Å². The van der Waals surface area contributed by atoms with Gasteiger partial charge in [-0.2, -0.15) is 5.26 Å². The van der Waals surface area contributed by atoms with E-state index in [1.807, 2.05) is 0 Å². The summed E-state index contributed by atoms with van der Waals surface area (Å²) >= 11 is 0. The molecule has 0 spiro atoms. The largest absolute Gasteiger partial charge is 0.391 e. The van der Waals surface area contributed by atoms with Crippen LogP contribution in [-0.4, -0.2) is 17.8 Å². The molecule has 0 saturated carbocycles. The van der Waals surface area contributed by atoms with E-state index < -0.39 is 11.9 Å². The van der Waals surface area contributed by atoms with Gasteiger partial charge in [-0.25, -0.2) is 4.39 Å². The SMILES string of the molecule is N#Cc1cc(CC(O)CN)ccc1F. The van der Waals surface area contributed by atoms with Gasteiger partial charge in [0, 0.05) is 6.54 Å². The summed E-state index contributed by atoms with van der Waals surface area (Å²) in [6.07, 6.45) is -0.308. The van der Waals surface area contributed by atoms with Crippen LogP contribution in [-0.2, 0) is 6.42 Å². The van der Waals surface area contributed by atoms with E-state index in [2.05, 4.69) is 0 Å². The molecule has 0 aromatic heterocycles. The minimum atomic E-state index is -0.646. The Labute approximate surface area is 81.6 Å². The third-order valence-electron chi connectivity index (χ3n) is 1.89. The summed E-state index contributed by atoms with van der Waals surface area (Å²) in [5.74, 6) is -0.543. The fraction of sp³-hybridized carbons (Fsp3) is 0.300. The summed E-state index contributed by atoms with van der Waals surface area (Å²) in [6.45, 7) is 0.152. The standard InChI is InChI=1S/C10H11FN2O/c11-10-2-1-7(3-8(10)5-12)4-9(14)6-13/h1-3,9,14H,4,6,13H2. The summed E-state index contributed by atoms with van der Waals surface area (Å²) < 4.78 is 12.9. The Kier molecular flexibility index (Phi) is 3.57. The lowest BCUT2D eigenvalue weighted by Gasteiger charge is -2.07. The molecular formula is C10H11FN2O. The summed E-state index contributed by atoms with van der Waals surface area (Å²) in [4.78, 5) is 0. The zero-order valence-electron chi connectivity index (χ0n) is 7.57. The molecule has 74 valence electrons. The van der Waals surface area contributed by atoms with Crippen LogP contribution in [0.25, 0.3) is 0 Å². The highest BCUT2D eigenvalue weighted by atomic mass is 19.1. The molecule has 1 aromatic carbocycles.